The third-order valence-electron chi connectivity index (χ3n) is 4.53. The lowest BCUT2D eigenvalue weighted by molar-refractivity contribution is -0.118. The first-order valence-corrected chi connectivity index (χ1v) is 10.4. The molecule has 10 heteroatoms. The van der Waals surface area contributed by atoms with Crippen molar-refractivity contribution in [2.75, 3.05) is 5.75 Å². The van der Waals surface area contributed by atoms with E-state index in [2.05, 4.69) is 15.3 Å². The average molecular weight is 431 g/mol. The number of aromatic nitrogens is 4. The second kappa shape index (κ2) is 9.21. The molecule has 0 spiro atoms. The lowest BCUT2D eigenvalue weighted by atomic mass is 10.2. The SMILES string of the molecule is CCCc1nc(SCC(=O)NCc2ccc(F)cc2)c2c(=O)n(C)c(=O)n(C)c2n1. The van der Waals surface area contributed by atoms with E-state index in [1.165, 1.54) is 23.7 Å². The minimum absolute atomic E-state index is 0.0326. The number of amides is 1. The molecule has 2 aromatic heterocycles. The molecule has 0 radical (unpaired) electrons. The Morgan fingerprint density at radius 2 is 1.83 bits per heavy atom. The van der Waals surface area contributed by atoms with E-state index < -0.39 is 11.2 Å². The predicted molar refractivity (Wildman–Crippen MR) is 113 cm³/mol. The Hall–Kier alpha value is -3.01. The molecule has 0 fully saturated rings. The molecule has 1 amide bonds. The van der Waals surface area contributed by atoms with Crippen molar-refractivity contribution in [3.8, 4) is 0 Å². The summed E-state index contributed by atoms with van der Waals surface area (Å²) in [6.45, 7) is 2.24. The van der Waals surface area contributed by atoms with E-state index >= 15 is 0 Å². The zero-order valence-corrected chi connectivity index (χ0v) is 17.8. The van der Waals surface area contributed by atoms with Gasteiger partial charge < -0.3 is 5.32 Å². The van der Waals surface area contributed by atoms with Gasteiger partial charge in [-0.1, -0.05) is 30.8 Å². The van der Waals surface area contributed by atoms with Gasteiger partial charge in [-0.3, -0.25) is 18.7 Å². The van der Waals surface area contributed by atoms with E-state index in [1.54, 1.807) is 19.2 Å². The Labute approximate surface area is 176 Å². The summed E-state index contributed by atoms with van der Waals surface area (Å²) >= 11 is 1.12. The topological polar surface area (TPSA) is 98.9 Å². The van der Waals surface area contributed by atoms with Crippen LogP contribution >= 0.6 is 11.8 Å². The zero-order valence-electron chi connectivity index (χ0n) is 16.9. The van der Waals surface area contributed by atoms with Crippen LogP contribution in [0.2, 0.25) is 0 Å². The maximum Gasteiger partial charge on any atom is 0.332 e. The van der Waals surface area contributed by atoms with Crippen LogP contribution < -0.4 is 16.6 Å². The van der Waals surface area contributed by atoms with E-state index in [9.17, 15) is 18.8 Å². The van der Waals surface area contributed by atoms with Gasteiger partial charge in [0, 0.05) is 27.1 Å². The van der Waals surface area contributed by atoms with Gasteiger partial charge in [0.05, 0.1) is 5.75 Å². The fraction of sp³-hybridized carbons (Fsp3) is 0.350. The first-order chi connectivity index (χ1) is 14.3. The average Bonchev–Trinajstić information content (AvgIpc) is 2.74. The van der Waals surface area contributed by atoms with Crippen molar-refractivity contribution in [1.82, 2.24) is 24.4 Å². The van der Waals surface area contributed by atoms with Crippen molar-refractivity contribution in [3.63, 3.8) is 0 Å². The molecule has 0 unspecified atom stereocenters. The molecule has 0 aliphatic heterocycles. The quantitative estimate of drug-likeness (QED) is 0.450. The van der Waals surface area contributed by atoms with Gasteiger partial charge >= 0.3 is 5.69 Å². The summed E-state index contributed by atoms with van der Waals surface area (Å²) < 4.78 is 15.3. The number of thioether (sulfide) groups is 1. The molecular weight excluding hydrogens is 409 g/mol. The first kappa shape index (κ1) is 21.7. The second-order valence-corrected chi connectivity index (χ2v) is 7.76. The first-order valence-electron chi connectivity index (χ1n) is 9.42. The number of hydrogen-bond acceptors (Lipinski definition) is 6. The van der Waals surface area contributed by atoms with Gasteiger partial charge in [0.1, 0.15) is 22.1 Å². The highest BCUT2D eigenvalue weighted by Gasteiger charge is 2.18. The van der Waals surface area contributed by atoms with Crippen LogP contribution in [-0.4, -0.2) is 30.8 Å². The van der Waals surface area contributed by atoms with Crippen LogP contribution in [0.25, 0.3) is 11.0 Å². The van der Waals surface area contributed by atoms with Crippen LogP contribution in [-0.2, 0) is 31.9 Å². The molecule has 0 aliphatic carbocycles. The molecule has 30 heavy (non-hydrogen) atoms. The Morgan fingerprint density at radius 3 is 2.50 bits per heavy atom. The van der Waals surface area contributed by atoms with Crippen LogP contribution in [0, 0.1) is 5.82 Å². The highest BCUT2D eigenvalue weighted by Crippen LogP contribution is 2.22. The Bertz CT molecular complexity index is 1200. The van der Waals surface area contributed by atoms with Crippen molar-refractivity contribution in [1.29, 1.82) is 0 Å². The fourth-order valence-electron chi connectivity index (χ4n) is 2.90. The molecule has 0 aliphatic rings. The summed E-state index contributed by atoms with van der Waals surface area (Å²) in [6, 6.07) is 5.86. The van der Waals surface area contributed by atoms with Crippen molar-refractivity contribution >= 4 is 28.7 Å². The van der Waals surface area contributed by atoms with Gasteiger partial charge in [-0.15, -0.1) is 0 Å². The maximum absolute atomic E-state index is 13.0. The highest BCUT2D eigenvalue weighted by atomic mass is 32.2. The molecule has 0 saturated heterocycles. The van der Waals surface area contributed by atoms with E-state index in [0.717, 1.165) is 28.3 Å². The monoisotopic (exact) mass is 431 g/mol. The standard InChI is InChI=1S/C20H22FN5O3S/c1-4-5-14-23-17-16(19(28)26(3)20(29)25(17)2)18(24-14)30-11-15(27)22-10-12-6-8-13(21)9-7-12/h6-9H,4-5,10-11H2,1-3H3,(H,22,27). The van der Waals surface area contributed by atoms with E-state index in [0.29, 0.717) is 17.3 Å². The van der Waals surface area contributed by atoms with Crippen molar-refractivity contribution in [2.45, 2.75) is 31.3 Å². The van der Waals surface area contributed by atoms with Gasteiger partial charge in [0.2, 0.25) is 5.91 Å². The molecule has 1 N–H and O–H groups in total. The number of carbonyl (C=O) groups is 1. The fourth-order valence-corrected chi connectivity index (χ4v) is 3.76. The smallest absolute Gasteiger partial charge is 0.332 e. The van der Waals surface area contributed by atoms with Gasteiger partial charge in [-0.05, 0) is 24.1 Å². The number of nitrogens with zero attached hydrogens (tertiary/aromatic N) is 4. The molecular formula is C20H22FN5O3S. The number of carbonyl (C=O) groups excluding carboxylic acids is 1. The third kappa shape index (κ3) is 4.59. The third-order valence-corrected chi connectivity index (χ3v) is 5.51. The number of nitrogens with one attached hydrogen (secondary N) is 1. The van der Waals surface area contributed by atoms with Crippen LogP contribution in [0.3, 0.4) is 0 Å². The summed E-state index contributed by atoms with van der Waals surface area (Å²) in [5, 5.41) is 3.35. The number of aryl methyl sites for hydroxylation is 2. The predicted octanol–water partition coefficient (Wildman–Crippen LogP) is 1.53. The van der Waals surface area contributed by atoms with Crippen LogP contribution in [0.15, 0.2) is 38.9 Å². The van der Waals surface area contributed by atoms with Gasteiger partial charge in [-0.2, -0.15) is 0 Å². The zero-order chi connectivity index (χ0) is 21.8. The summed E-state index contributed by atoms with van der Waals surface area (Å²) in [5.74, 6) is -0.0439. The number of hydrogen-bond donors (Lipinski definition) is 1. The minimum atomic E-state index is -0.495. The number of fused-ring (bicyclic) bond motifs is 1. The van der Waals surface area contributed by atoms with Crippen LogP contribution in [0.1, 0.15) is 24.7 Å². The summed E-state index contributed by atoms with van der Waals surface area (Å²) in [6.07, 6.45) is 1.39. The van der Waals surface area contributed by atoms with Crippen molar-refractivity contribution in [2.24, 2.45) is 14.1 Å². The summed E-state index contributed by atoms with van der Waals surface area (Å²) in [7, 11) is 2.95. The molecule has 3 rings (SSSR count). The van der Waals surface area contributed by atoms with Crippen LogP contribution in [0.4, 0.5) is 4.39 Å². The normalized spacial score (nSPS) is 11.1. The maximum atomic E-state index is 13.0. The molecule has 0 bridgehead atoms. The Balaban J connectivity index is 1.85. The van der Waals surface area contributed by atoms with Crippen molar-refractivity contribution in [3.05, 3.63) is 62.3 Å². The van der Waals surface area contributed by atoms with Gasteiger partial charge in [0.25, 0.3) is 5.56 Å². The lowest BCUT2D eigenvalue weighted by Gasteiger charge is -2.11. The highest BCUT2D eigenvalue weighted by molar-refractivity contribution is 8.00. The number of halogens is 1. The summed E-state index contributed by atoms with van der Waals surface area (Å²) in [4.78, 5) is 46.1. The van der Waals surface area contributed by atoms with Crippen molar-refractivity contribution < 1.29 is 9.18 Å². The lowest BCUT2D eigenvalue weighted by Crippen LogP contribution is -2.38. The van der Waals surface area contributed by atoms with E-state index in [1.807, 2.05) is 6.92 Å². The molecule has 0 saturated carbocycles. The second-order valence-electron chi connectivity index (χ2n) is 6.79. The largest absolute Gasteiger partial charge is 0.351 e. The molecule has 1 aromatic carbocycles. The van der Waals surface area contributed by atoms with Crippen LogP contribution in [0.5, 0.6) is 0 Å². The molecule has 3 aromatic rings. The molecule has 8 nitrogen and oxygen atoms in total. The Kier molecular flexibility index (Phi) is 6.66. The van der Waals surface area contributed by atoms with E-state index in [-0.39, 0.29) is 35.1 Å². The summed E-state index contributed by atoms with van der Waals surface area (Å²) in [5.41, 5.74) is 0.0686. The Morgan fingerprint density at radius 1 is 1.13 bits per heavy atom. The van der Waals surface area contributed by atoms with Gasteiger partial charge in [-0.25, -0.2) is 19.2 Å². The molecule has 158 valence electrons. The minimum Gasteiger partial charge on any atom is -0.351 e. The molecule has 2 heterocycles. The molecule has 0 atom stereocenters. The number of rotatable bonds is 7. The van der Waals surface area contributed by atoms with Gasteiger partial charge in [0.15, 0.2) is 5.65 Å². The number of benzene rings is 1. The van der Waals surface area contributed by atoms with E-state index in [4.69, 9.17) is 0 Å².